The quantitative estimate of drug-likeness (QED) is 0.851. The molecule has 2 aromatic carbocycles. The molecule has 0 saturated heterocycles. The van der Waals surface area contributed by atoms with Gasteiger partial charge in [0.05, 0.1) is 4.90 Å². The van der Waals surface area contributed by atoms with E-state index in [0.29, 0.717) is 11.3 Å². The van der Waals surface area contributed by atoms with E-state index in [1.807, 2.05) is 12.1 Å². The number of hydrogen-bond acceptors (Lipinski definition) is 3. The molecule has 0 saturated carbocycles. The van der Waals surface area contributed by atoms with Crippen LogP contribution < -0.4 is 10.0 Å². The predicted molar refractivity (Wildman–Crippen MR) is 87.2 cm³/mol. The Bertz CT molecular complexity index is 743. The van der Waals surface area contributed by atoms with E-state index in [0.717, 1.165) is 24.7 Å². The minimum atomic E-state index is -3.73. The first-order valence-electron chi connectivity index (χ1n) is 7.05. The molecule has 4 nitrogen and oxygen atoms in total. The molecule has 0 bridgehead atoms. The van der Waals surface area contributed by atoms with Gasteiger partial charge >= 0.3 is 0 Å². The van der Waals surface area contributed by atoms with Gasteiger partial charge < -0.3 is 5.32 Å². The van der Waals surface area contributed by atoms with Gasteiger partial charge in [-0.05, 0) is 61.4 Å². The van der Waals surface area contributed by atoms with Crippen LogP contribution in [0, 0.1) is 12.7 Å². The summed E-state index contributed by atoms with van der Waals surface area (Å²) in [4.78, 5) is 0.0714. The van der Waals surface area contributed by atoms with Crippen molar-refractivity contribution in [3.05, 3.63) is 53.8 Å². The lowest BCUT2D eigenvalue weighted by molar-refractivity contribution is 0.598. The zero-order chi connectivity index (χ0) is 16.2. The molecule has 0 spiro atoms. The van der Waals surface area contributed by atoms with Crippen molar-refractivity contribution in [2.75, 3.05) is 16.6 Å². The van der Waals surface area contributed by atoms with Crippen molar-refractivity contribution in [2.24, 2.45) is 0 Å². The molecule has 0 amide bonds. The first-order chi connectivity index (χ1) is 10.4. The number of sulfonamides is 1. The number of halogens is 1. The van der Waals surface area contributed by atoms with E-state index in [2.05, 4.69) is 17.0 Å². The maximum Gasteiger partial charge on any atom is 0.262 e. The highest BCUT2D eigenvalue weighted by atomic mass is 32.2. The zero-order valence-electron chi connectivity index (χ0n) is 12.6. The van der Waals surface area contributed by atoms with Gasteiger partial charge in [0.1, 0.15) is 5.82 Å². The Morgan fingerprint density at radius 2 is 1.68 bits per heavy atom. The van der Waals surface area contributed by atoms with Crippen LogP contribution in [0.2, 0.25) is 0 Å². The van der Waals surface area contributed by atoms with E-state index >= 15 is 0 Å². The highest BCUT2D eigenvalue weighted by Crippen LogP contribution is 2.21. The van der Waals surface area contributed by atoms with E-state index in [1.54, 1.807) is 19.1 Å². The number of benzene rings is 2. The summed E-state index contributed by atoms with van der Waals surface area (Å²) in [5.74, 6) is -0.456. The molecule has 0 unspecified atom stereocenters. The molecule has 118 valence electrons. The molecule has 0 fully saturated rings. The minimum Gasteiger partial charge on any atom is -0.385 e. The van der Waals surface area contributed by atoms with E-state index in [-0.39, 0.29) is 4.90 Å². The molecule has 2 rings (SSSR count). The van der Waals surface area contributed by atoms with Gasteiger partial charge in [-0.25, -0.2) is 12.8 Å². The maximum absolute atomic E-state index is 13.1. The molecular weight excluding hydrogens is 303 g/mol. The van der Waals surface area contributed by atoms with Crippen molar-refractivity contribution >= 4 is 21.4 Å². The molecule has 6 heteroatoms. The Labute approximate surface area is 130 Å². The number of hydrogen-bond donors (Lipinski definition) is 2. The van der Waals surface area contributed by atoms with Crippen LogP contribution in [0.4, 0.5) is 15.8 Å². The largest absolute Gasteiger partial charge is 0.385 e. The van der Waals surface area contributed by atoms with Crippen molar-refractivity contribution < 1.29 is 12.8 Å². The molecule has 22 heavy (non-hydrogen) atoms. The molecule has 2 N–H and O–H groups in total. The monoisotopic (exact) mass is 322 g/mol. The zero-order valence-corrected chi connectivity index (χ0v) is 13.4. The molecule has 2 aromatic rings. The standard InChI is InChI=1S/C16H19FN2O2S/c1-3-10-18-14-5-7-15(8-6-14)19-22(20,21)16-9-4-13(17)11-12(16)2/h4-9,11,18-19H,3,10H2,1-2H3. The highest BCUT2D eigenvalue weighted by Gasteiger charge is 2.17. The second-order valence-corrected chi connectivity index (χ2v) is 6.67. The van der Waals surface area contributed by atoms with Crippen LogP contribution >= 0.6 is 0 Å². The van der Waals surface area contributed by atoms with Crippen LogP contribution in [0.25, 0.3) is 0 Å². The maximum atomic E-state index is 13.1. The summed E-state index contributed by atoms with van der Waals surface area (Å²) in [6, 6.07) is 10.6. The summed E-state index contributed by atoms with van der Waals surface area (Å²) < 4.78 is 40.3. The third kappa shape index (κ3) is 3.98. The molecule has 0 aromatic heterocycles. The van der Waals surface area contributed by atoms with Gasteiger partial charge in [0.25, 0.3) is 10.0 Å². The van der Waals surface area contributed by atoms with Crippen LogP contribution in [0.3, 0.4) is 0 Å². The lowest BCUT2D eigenvalue weighted by Crippen LogP contribution is -2.14. The minimum absolute atomic E-state index is 0.0714. The van der Waals surface area contributed by atoms with Crippen molar-refractivity contribution in [1.29, 1.82) is 0 Å². The number of aryl methyl sites for hydroxylation is 1. The van der Waals surface area contributed by atoms with Gasteiger partial charge in [-0.1, -0.05) is 6.92 Å². The fourth-order valence-corrected chi connectivity index (χ4v) is 3.34. The van der Waals surface area contributed by atoms with Crippen LogP contribution in [-0.4, -0.2) is 15.0 Å². The molecule has 0 aliphatic carbocycles. The topological polar surface area (TPSA) is 58.2 Å². The second kappa shape index (κ2) is 6.79. The number of anilines is 2. The second-order valence-electron chi connectivity index (χ2n) is 5.02. The highest BCUT2D eigenvalue weighted by molar-refractivity contribution is 7.92. The Balaban J connectivity index is 2.18. The average Bonchev–Trinajstić information content (AvgIpc) is 2.45. The van der Waals surface area contributed by atoms with Crippen molar-refractivity contribution in [2.45, 2.75) is 25.2 Å². The van der Waals surface area contributed by atoms with Gasteiger partial charge in [-0.2, -0.15) is 0 Å². The van der Waals surface area contributed by atoms with Gasteiger partial charge in [0, 0.05) is 17.9 Å². The summed E-state index contributed by atoms with van der Waals surface area (Å²) in [7, 11) is -3.73. The third-order valence-corrected chi connectivity index (χ3v) is 4.68. The lowest BCUT2D eigenvalue weighted by atomic mass is 10.2. The molecule has 0 radical (unpaired) electrons. The van der Waals surface area contributed by atoms with Crippen LogP contribution in [0.5, 0.6) is 0 Å². The fourth-order valence-electron chi connectivity index (χ4n) is 2.05. The van der Waals surface area contributed by atoms with E-state index < -0.39 is 15.8 Å². The van der Waals surface area contributed by atoms with Gasteiger partial charge in [0.2, 0.25) is 0 Å². The predicted octanol–water partition coefficient (Wildman–Crippen LogP) is 3.76. The Kier molecular flexibility index (Phi) is 5.03. The van der Waals surface area contributed by atoms with E-state index in [1.165, 1.54) is 12.1 Å². The Morgan fingerprint density at radius 1 is 1.05 bits per heavy atom. The Morgan fingerprint density at radius 3 is 2.27 bits per heavy atom. The first-order valence-corrected chi connectivity index (χ1v) is 8.53. The lowest BCUT2D eigenvalue weighted by Gasteiger charge is -2.11. The van der Waals surface area contributed by atoms with E-state index in [9.17, 15) is 12.8 Å². The van der Waals surface area contributed by atoms with Crippen LogP contribution in [-0.2, 0) is 10.0 Å². The molecule has 0 aliphatic rings. The number of nitrogens with one attached hydrogen (secondary N) is 2. The Hall–Kier alpha value is -2.08. The molecule has 0 atom stereocenters. The fraction of sp³-hybridized carbons (Fsp3) is 0.250. The van der Waals surface area contributed by atoms with Crippen LogP contribution in [0.15, 0.2) is 47.4 Å². The summed E-state index contributed by atoms with van der Waals surface area (Å²) in [6.07, 6.45) is 1.01. The molecule has 0 aliphatic heterocycles. The van der Waals surface area contributed by atoms with Crippen molar-refractivity contribution in [3.63, 3.8) is 0 Å². The van der Waals surface area contributed by atoms with Gasteiger partial charge in [0.15, 0.2) is 0 Å². The summed E-state index contributed by atoms with van der Waals surface area (Å²) in [5.41, 5.74) is 1.77. The third-order valence-electron chi connectivity index (χ3n) is 3.14. The van der Waals surface area contributed by atoms with Crippen molar-refractivity contribution in [3.8, 4) is 0 Å². The average molecular weight is 322 g/mol. The van der Waals surface area contributed by atoms with Gasteiger partial charge in [-0.3, -0.25) is 4.72 Å². The summed E-state index contributed by atoms with van der Waals surface area (Å²) in [6.45, 7) is 4.50. The molecular formula is C16H19FN2O2S. The normalized spacial score (nSPS) is 11.2. The van der Waals surface area contributed by atoms with Crippen molar-refractivity contribution in [1.82, 2.24) is 0 Å². The molecule has 0 heterocycles. The SMILES string of the molecule is CCCNc1ccc(NS(=O)(=O)c2ccc(F)cc2C)cc1. The summed E-state index contributed by atoms with van der Waals surface area (Å²) in [5, 5.41) is 3.21. The van der Waals surface area contributed by atoms with Gasteiger partial charge in [-0.15, -0.1) is 0 Å². The smallest absolute Gasteiger partial charge is 0.262 e. The first kappa shape index (κ1) is 16.3. The summed E-state index contributed by atoms with van der Waals surface area (Å²) >= 11 is 0. The van der Waals surface area contributed by atoms with E-state index in [4.69, 9.17) is 0 Å². The number of rotatable bonds is 6. The van der Waals surface area contributed by atoms with Crippen LogP contribution in [0.1, 0.15) is 18.9 Å².